The van der Waals surface area contributed by atoms with E-state index in [1.807, 2.05) is 38.4 Å². The van der Waals surface area contributed by atoms with Crippen molar-refractivity contribution in [1.29, 1.82) is 5.26 Å². The second kappa shape index (κ2) is 5.41. The van der Waals surface area contributed by atoms with Gasteiger partial charge < -0.3 is 4.90 Å². The Labute approximate surface area is 125 Å². The number of benzene rings is 2. The highest BCUT2D eigenvalue weighted by Gasteiger charge is 2.23. The normalized spacial score (nSPS) is 16.6. The fraction of sp³-hybridized carbons (Fsp3) is 0.222. The summed E-state index contributed by atoms with van der Waals surface area (Å²) < 4.78 is 0. The molecule has 1 heterocycles. The van der Waals surface area contributed by atoms with Crippen molar-refractivity contribution in [3.05, 3.63) is 70.8 Å². The second-order valence-corrected chi connectivity index (χ2v) is 5.45. The van der Waals surface area contributed by atoms with Gasteiger partial charge in [-0.1, -0.05) is 36.4 Å². The number of aliphatic imine (C=N–C) groups is 1. The second-order valence-electron chi connectivity index (χ2n) is 5.45. The van der Waals surface area contributed by atoms with Crippen LogP contribution in [-0.4, -0.2) is 24.8 Å². The molecule has 2 aromatic carbocycles. The summed E-state index contributed by atoms with van der Waals surface area (Å²) >= 11 is 0. The molecule has 0 radical (unpaired) electrons. The predicted molar refractivity (Wildman–Crippen MR) is 84.3 cm³/mol. The lowest BCUT2D eigenvalue weighted by Gasteiger charge is -2.27. The van der Waals surface area contributed by atoms with Gasteiger partial charge >= 0.3 is 0 Å². The maximum absolute atomic E-state index is 8.93. The standard InChI is InChI=1S/C18H17N3/c1-21(2)17-11-15-5-3-4-6-16(15)18(20-17)14-9-7-13(12-19)8-10-14/h3-10,18H,11H2,1-2H3. The van der Waals surface area contributed by atoms with Gasteiger partial charge in [0.25, 0.3) is 0 Å². The van der Waals surface area contributed by atoms with Gasteiger partial charge in [0.05, 0.1) is 11.6 Å². The van der Waals surface area contributed by atoms with E-state index >= 15 is 0 Å². The number of rotatable bonds is 1. The third-order valence-electron chi connectivity index (χ3n) is 3.85. The van der Waals surface area contributed by atoms with Crippen molar-refractivity contribution in [1.82, 2.24) is 4.90 Å². The Bertz CT molecular complexity index is 721. The molecule has 0 saturated carbocycles. The van der Waals surface area contributed by atoms with E-state index in [1.54, 1.807) is 0 Å². The molecule has 1 aliphatic heterocycles. The van der Waals surface area contributed by atoms with Crippen LogP contribution in [0.4, 0.5) is 0 Å². The third-order valence-corrected chi connectivity index (χ3v) is 3.85. The van der Waals surface area contributed by atoms with Crippen LogP contribution >= 0.6 is 0 Å². The summed E-state index contributed by atoms with van der Waals surface area (Å²) in [7, 11) is 4.06. The Kier molecular flexibility index (Phi) is 3.45. The first-order valence-corrected chi connectivity index (χ1v) is 7.01. The zero-order valence-electron chi connectivity index (χ0n) is 12.2. The maximum Gasteiger partial charge on any atom is 0.104 e. The maximum atomic E-state index is 8.93. The highest BCUT2D eigenvalue weighted by molar-refractivity contribution is 5.86. The molecule has 0 spiro atoms. The molecule has 0 aromatic heterocycles. The molecule has 1 unspecified atom stereocenters. The largest absolute Gasteiger partial charge is 0.366 e. The summed E-state index contributed by atoms with van der Waals surface area (Å²) in [6.45, 7) is 0. The first-order chi connectivity index (χ1) is 10.2. The number of fused-ring (bicyclic) bond motifs is 1. The van der Waals surface area contributed by atoms with Crippen LogP contribution in [-0.2, 0) is 6.42 Å². The van der Waals surface area contributed by atoms with E-state index in [0.717, 1.165) is 17.8 Å². The third kappa shape index (κ3) is 2.53. The number of likely N-dealkylation sites (N-methyl/N-ethyl adjacent to an activating group) is 1. The fourth-order valence-electron chi connectivity index (χ4n) is 2.66. The quantitative estimate of drug-likeness (QED) is 0.802. The first kappa shape index (κ1) is 13.4. The molecule has 0 bridgehead atoms. The molecule has 0 N–H and O–H groups in total. The average Bonchev–Trinajstić information content (AvgIpc) is 2.54. The van der Waals surface area contributed by atoms with Crippen molar-refractivity contribution in [3.63, 3.8) is 0 Å². The van der Waals surface area contributed by atoms with E-state index < -0.39 is 0 Å². The Hall–Kier alpha value is -2.60. The summed E-state index contributed by atoms with van der Waals surface area (Å²) in [5.41, 5.74) is 4.39. The topological polar surface area (TPSA) is 39.4 Å². The molecule has 1 atom stereocenters. The molecular formula is C18H17N3. The Morgan fingerprint density at radius 2 is 1.81 bits per heavy atom. The summed E-state index contributed by atoms with van der Waals surface area (Å²) in [6.07, 6.45) is 0.871. The highest BCUT2D eigenvalue weighted by atomic mass is 15.1. The molecule has 2 aromatic rings. The van der Waals surface area contributed by atoms with Crippen molar-refractivity contribution < 1.29 is 0 Å². The lowest BCUT2D eigenvalue weighted by atomic mass is 9.90. The van der Waals surface area contributed by atoms with Gasteiger partial charge in [0, 0.05) is 20.5 Å². The molecular weight excluding hydrogens is 258 g/mol. The average molecular weight is 275 g/mol. The van der Waals surface area contributed by atoms with E-state index in [2.05, 4.69) is 35.2 Å². The number of nitriles is 1. The molecule has 1 aliphatic rings. The van der Waals surface area contributed by atoms with Crippen LogP contribution in [0.5, 0.6) is 0 Å². The zero-order valence-corrected chi connectivity index (χ0v) is 12.2. The van der Waals surface area contributed by atoms with Crippen molar-refractivity contribution in [2.45, 2.75) is 12.5 Å². The van der Waals surface area contributed by atoms with Gasteiger partial charge in [0.1, 0.15) is 11.9 Å². The van der Waals surface area contributed by atoms with Crippen LogP contribution in [0, 0.1) is 11.3 Å². The minimum atomic E-state index is 0.0140. The molecule has 0 fully saturated rings. The fourth-order valence-corrected chi connectivity index (χ4v) is 2.66. The molecule has 0 aliphatic carbocycles. The number of nitrogens with zero attached hydrogens (tertiary/aromatic N) is 3. The van der Waals surface area contributed by atoms with E-state index in [1.165, 1.54) is 11.1 Å². The van der Waals surface area contributed by atoms with Crippen molar-refractivity contribution in [2.24, 2.45) is 4.99 Å². The van der Waals surface area contributed by atoms with Crippen LogP contribution in [0.25, 0.3) is 0 Å². The van der Waals surface area contributed by atoms with Crippen molar-refractivity contribution >= 4 is 5.84 Å². The van der Waals surface area contributed by atoms with Gasteiger partial charge in [-0.25, -0.2) is 0 Å². The Balaban J connectivity index is 2.08. The number of hydrogen-bond donors (Lipinski definition) is 0. The van der Waals surface area contributed by atoms with Crippen molar-refractivity contribution in [2.75, 3.05) is 14.1 Å². The van der Waals surface area contributed by atoms with Crippen molar-refractivity contribution in [3.8, 4) is 6.07 Å². The minimum Gasteiger partial charge on any atom is -0.366 e. The van der Waals surface area contributed by atoms with E-state index in [0.29, 0.717) is 5.56 Å². The predicted octanol–water partition coefficient (Wildman–Crippen LogP) is 3.16. The smallest absolute Gasteiger partial charge is 0.104 e. The van der Waals surface area contributed by atoms with E-state index in [9.17, 15) is 0 Å². The first-order valence-electron chi connectivity index (χ1n) is 7.01. The molecule has 3 heteroatoms. The van der Waals surface area contributed by atoms with Gasteiger partial charge in [0.2, 0.25) is 0 Å². The number of amidine groups is 1. The van der Waals surface area contributed by atoms with E-state index in [-0.39, 0.29) is 6.04 Å². The summed E-state index contributed by atoms with van der Waals surface area (Å²) in [5.74, 6) is 1.09. The van der Waals surface area contributed by atoms with Crippen LogP contribution in [0.15, 0.2) is 53.5 Å². The molecule has 0 amide bonds. The van der Waals surface area contributed by atoms with Gasteiger partial charge in [-0.2, -0.15) is 5.26 Å². The molecule has 3 nitrogen and oxygen atoms in total. The SMILES string of the molecule is CN(C)C1=NC(c2ccc(C#N)cc2)c2ccccc2C1. The highest BCUT2D eigenvalue weighted by Crippen LogP contribution is 2.33. The van der Waals surface area contributed by atoms with Crippen LogP contribution in [0.2, 0.25) is 0 Å². The lowest BCUT2D eigenvalue weighted by Crippen LogP contribution is -2.28. The Morgan fingerprint density at radius 1 is 1.10 bits per heavy atom. The summed E-state index contributed by atoms with van der Waals surface area (Å²) in [4.78, 5) is 6.98. The van der Waals surface area contributed by atoms with Gasteiger partial charge in [-0.05, 0) is 28.8 Å². The molecule has 0 saturated heterocycles. The molecule has 21 heavy (non-hydrogen) atoms. The van der Waals surface area contributed by atoms with Gasteiger partial charge in [0.15, 0.2) is 0 Å². The summed E-state index contributed by atoms with van der Waals surface area (Å²) in [6, 6.07) is 18.4. The van der Waals surface area contributed by atoms with Crippen LogP contribution in [0.3, 0.4) is 0 Å². The summed E-state index contributed by atoms with van der Waals surface area (Å²) in [5, 5.41) is 8.93. The number of hydrogen-bond acceptors (Lipinski definition) is 3. The lowest BCUT2D eigenvalue weighted by molar-refractivity contribution is 0.592. The zero-order chi connectivity index (χ0) is 14.8. The molecule has 3 rings (SSSR count). The monoisotopic (exact) mass is 275 g/mol. The van der Waals surface area contributed by atoms with Crippen LogP contribution < -0.4 is 0 Å². The Morgan fingerprint density at radius 3 is 2.48 bits per heavy atom. The minimum absolute atomic E-state index is 0.0140. The van der Waals surface area contributed by atoms with Crippen LogP contribution in [0.1, 0.15) is 28.3 Å². The van der Waals surface area contributed by atoms with Gasteiger partial charge in [-0.3, -0.25) is 4.99 Å². The van der Waals surface area contributed by atoms with Gasteiger partial charge in [-0.15, -0.1) is 0 Å². The molecule has 104 valence electrons. The van der Waals surface area contributed by atoms with E-state index in [4.69, 9.17) is 10.3 Å².